The Balaban J connectivity index is 1.37. The minimum atomic E-state index is -0.366. The Kier molecular flexibility index (Phi) is 7.08. The van der Waals surface area contributed by atoms with Crippen LogP contribution in [-0.2, 0) is 11.3 Å². The predicted octanol–water partition coefficient (Wildman–Crippen LogP) is 5.18. The van der Waals surface area contributed by atoms with Gasteiger partial charge in [0.2, 0.25) is 0 Å². The van der Waals surface area contributed by atoms with Crippen LogP contribution in [0.3, 0.4) is 0 Å². The van der Waals surface area contributed by atoms with Crippen molar-refractivity contribution in [1.82, 2.24) is 20.4 Å². The second-order valence-corrected chi connectivity index (χ2v) is 9.66. The van der Waals surface area contributed by atoms with E-state index >= 15 is 0 Å². The first-order valence-electron chi connectivity index (χ1n) is 11.5. The number of aromatic nitrogens is 3. The second-order valence-electron chi connectivity index (χ2n) is 8.29. The number of ether oxygens (including phenoxy) is 1. The van der Waals surface area contributed by atoms with Gasteiger partial charge in [0, 0.05) is 40.5 Å². The molecule has 0 saturated carbocycles. The number of thioether (sulfide) groups is 1. The van der Waals surface area contributed by atoms with Crippen LogP contribution in [0, 0.1) is 5.82 Å². The molecule has 5 rings (SSSR count). The van der Waals surface area contributed by atoms with Gasteiger partial charge in [-0.15, -0.1) is 11.8 Å². The van der Waals surface area contributed by atoms with Gasteiger partial charge in [-0.05, 0) is 42.8 Å². The normalized spacial score (nSPS) is 15.5. The second kappa shape index (κ2) is 10.6. The molecular weight excluding hydrogens is 465 g/mol. The summed E-state index contributed by atoms with van der Waals surface area (Å²) in [6.45, 7) is 5.05. The molecule has 2 aromatic heterocycles. The third-order valence-electron chi connectivity index (χ3n) is 5.77. The summed E-state index contributed by atoms with van der Waals surface area (Å²) in [5.74, 6) is 0.179. The van der Waals surface area contributed by atoms with Crippen molar-refractivity contribution < 1.29 is 13.7 Å². The fraction of sp³-hybridized carbons (Fsp3) is 0.269. The molecule has 3 heterocycles. The number of benzene rings is 2. The summed E-state index contributed by atoms with van der Waals surface area (Å²) >= 11 is 1.83. The molecule has 1 atom stereocenters. The van der Waals surface area contributed by atoms with E-state index in [9.17, 15) is 4.39 Å². The van der Waals surface area contributed by atoms with E-state index in [4.69, 9.17) is 15.0 Å². The van der Waals surface area contributed by atoms with E-state index in [1.165, 1.54) is 11.0 Å². The van der Waals surface area contributed by atoms with E-state index in [-0.39, 0.29) is 11.6 Å². The van der Waals surface area contributed by atoms with Crippen molar-refractivity contribution >= 4 is 17.6 Å². The molecule has 0 aliphatic carbocycles. The zero-order valence-electron chi connectivity index (χ0n) is 19.3. The smallest absolute Gasteiger partial charge is 0.189 e. The van der Waals surface area contributed by atoms with Crippen LogP contribution < -0.4 is 11.1 Å². The molecule has 0 bridgehead atoms. The average molecular weight is 492 g/mol. The van der Waals surface area contributed by atoms with Gasteiger partial charge < -0.3 is 20.3 Å². The van der Waals surface area contributed by atoms with Crippen LogP contribution in [0.15, 0.2) is 64.1 Å². The summed E-state index contributed by atoms with van der Waals surface area (Å²) in [6.07, 6.45) is 2.70. The fourth-order valence-electron chi connectivity index (χ4n) is 3.88. The van der Waals surface area contributed by atoms with Gasteiger partial charge in [-0.25, -0.2) is 14.4 Å². The topological polar surface area (TPSA) is 99.1 Å². The highest BCUT2D eigenvalue weighted by Crippen LogP contribution is 2.33. The van der Waals surface area contributed by atoms with Crippen LogP contribution in [0.1, 0.15) is 18.9 Å². The Morgan fingerprint density at radius 3 is 2.74 bits per heavy atom. The van der Waals surface area contributed by atoms with Gasteiger partial charge in [0.15, 0.2) is 17.3 Å². The van der Waals surface area contributed by atoms with Crippen LogP contribution in [-0.4, -0.2) is 40.1 Å². The lowest BCUT2D eigenvalue weighted by Gasteiger charge is -2.09. The summed E-state index contributed by atoms with van der Waals surface area (Å²) in [6, 6.07) is 14.9. The first-order chi connectivity index (χ1) is 17.1. The molecule has 2 aromatic carbocycles. The molecule has 0 spiro atoms. The van der Waals surface area contributed by atoms with Gasteiger partial charge in [0.05, 0.1) is 18.5 Å². The maximum Gasteiger partial charge on any atom is 0.189 e. The number of hydrogen-bond donors (Lipinski definition) is 2. The number of nitrogens with two attached hydrogens (primary N) is 1. The van der Waals surface area contributed by atoms with Crippen molar-refractivity contribution in [3.05, 3.63) is 66.1 Å². The molecule has 7 nitrogen and oxygen atoms in total. The zero-order valence-corrected chi connectivity index (χ0v) is 20.1. The summed E-state index contributed by atoms with van der Waals surface area (Å²) in [5.41, 5.74) is 9.62. The van der Waals surface area contributed by atoms with Gasteiger partial charge >= 0.3 is 0 Å². The quantitative estimate of drug-likeness (QED) is 0.348. The first kappa shape index (κ1) is 23.5. The van der Waals surface area contributed by atoms with E-state index in [2.05, 4.69) is 32.6 Å². The summed E-state index contributed by atoms with van der Waals surface area (Å²) in [7, 11) is 0. The lowest BCUT2D eigenvalue weighted by atomic mass is 10.1. The highest BCUT2D eigenvalue weighted by Gasteiger charge is 2.19. The van der Waals surface area contributed by atoms with Crippen molar-refractivity contribution in [1.29, 1.82) is 0 Å². The molecule has 0 amide bonds. The van der Waals surface area contributed by atoms with Gasteiger partial charge in [-0.1, -0.05) is 30.3 Å². The number of nitrogen functional groups attached to an aromatic ring is 1. The molecule has 9 heteroatoms. The summed E-state index contributed by atoms with van der Waals surface area (Å²) in [4.78, 5) is 10.2. The minimum Gasteiger partial charge on any atom is -0.382 e. The van der Waals surface area contributed by atoms with Crippen molar-refractivity contribution in [3.63, 3.8) is 0 Å². The average Bonchev–Trinajstić information content (AvgIpc) is 3.56. The van der Waals surface area contributed by atoms with Crippen LogP contribution in [0.4, 0.5) is 10.2 Å². The Labute approximate surface area is 207 Å². The zero-order chi connectivity index (χ0) is 24.2. The number of anilines is 1. The lowest BCUT2D eigenvalue weighted by Crippen LogP contribution is -2.11. The molecule has 1 aliphatic heterocycles. The Morgan fingerprint density at radius 2 is 2.00 bits per heavy atom. The third kappa shape index (κ3) is 5.37. The molecule has 1 saturated heterocycles. The SMILES string of the molecule is CCNCc1ccc(-c2cc(-c3nc(-c4ccc(SC5CCOC5)cc4)cnc3N)on2)c(F)c1. The van der Waals surface area contributed by atoms with Crippen molar-refractivity contribution in [3.8, 4) is 34.0 Å². The van der Waals surface area contributed by atoms with Crippen LogP contribution in [0.2, 0.25) is 0 Å². The maximum atomic E-state index is 14.7. The van der Waals surface area contributed by atoms with Gasteiger partial charge in [0.25, 0.3) is 0 Å². The molecule has 4 aromatic rings. The van der Waals surface area contributed by atoms with Crippen molar-refractivity contribution in [2.24, 2.45) is 0 Å². The van der Waals surface area contributed by atoms with Gasteiger partial charge in [-0.2, -0.15) is 0 Å². The summed E-state index contributed by atoms with van der Waals surface area (Å²) in [5, 5.41) is 7.74. The monoisotopic (exact) mass is 491 g/mol. The fourth-order valence-corrected chi connectivity index (χ4v) is 4.94. The van der Waals surface area contributed by atoms with Crippen LogP contribution in [0.5, 0.6) is 0 Å². The molecule has 1 fully saturated rings. The van der Waals surface area contributed by atoms with Crippen molar-refractivity contribution in [2.75, 3.05) is 25.5 Å². The number of nitrogens with one attached hydrogen (secondary N) is 1. The lowest BCUT2D eigenvalue weighted by molar-refractivity contribution is 0.199. The number of rotatable bonds is 8. The Hall–Kier alpha value is -3.27. The van der Waals surface area contributed by atoms with Gasteiger partial charge in [0.1, 0.15) is 11.5 Å². The van der Waals surface area contributed by atoms with E-state index in [1.54, 1.807) is 18.3 Å². The molecule has 0 radical (unpaired) electrons. The van der Waals surface area contributed by atoms with E-state index in [0.717, 1.165) is 37.3 Å². The van der Waals surface area contributed by atoms with Crippen LogP contribution in [0.25, 0.3) is 34.0 Å². The molecule has 180 valence electrons. The van der Waals surface area contributed by atoms with Crippen LogP contribution >= 0.6 is 11.8 Å². The maximum absolute atomic E-state index is 14.7. The largest absolute Gasteiger partial charge is 0.382 e. The number of halogens is 1. The molecule has 3 N–H and O–H groups in total. The number of nitrogens with zero attached hydrogens (tertiary/aromatic N) is 3. The standard InChI is InChI=1S/C26H26FN5O2S/c1-2-29-13-16-3-8-20(21(27)11-16)22-12-24(34-32-22)25-26(28)30-14-23(31-25)17-4-6-18(7-5-17)35-19-9-10-33-15-19/h3-8,11-12,14,19,29H,2,9-10,13,15H2,1H3,(H2,28,30). The highest BCUT2D eigenvalue weighted by molar-refractivity contribution is 8.00. The molecule has 35 heavy (non-hydrogen) atoms. The minimum absolute atomic E-state index is 0.214. The van der Waals surface area contributed by atoms with Gasteiger partial charge in [-0.3, -0.25) is 0 Å². The predicted molar refractivity (Wildman–Crippen MR) is 135 cm³/mol. The Bertz CT molecular complexity index is 1310. The molecule has 1 aliphatic rings. The summed E-state index contributed by atoms with van der Waals surface area (Å²) < 4.78 is 25.7. The third-order valence-corrected chi connectivity index (χ3v) is 7.02. The van der Waals surface area contributed by atoms with E-state index in [1.807, 2.05) is 36.9 Å². The highest BCUT2D eigenvalue weighted by atomic mass is 32.2. The molecule has 1 unspecified atom stereocenters. The number of hydrogen-bond acceptors (Lipinski definition) is 8. The van der Waals surface area contributed by atoms with Crippen molar-refractivity contribution in [2.45, 2.75) is 30.0 Å². The first-order valence-corrected chi connectivity index (χ1v) is 12.4. The van der Waals surface area contributed by atoms with E-state index in [0.29, 0.717) is 40.2 Å². The molecular formula is C26H26FN5O2S. The van der Waals surface area contributed by atoms with E-state index < -0.39 is 0 Å². The Morgan fingerprint density at radius 1 is 1.14 bits per heavy atom.